The van der Waals surface area contributed by atoms with Gasteiger partial charge in [-0.2, -0.15) is 17.0 Å². The molecule has 0 saturated carbocycles. The van der Waals surface area contributed by atoms with Gasteiger partial charge in [0.15, 0.2) is 5.69 Å². The van der Waals surface area contributed by atoms with Crippen molar-refractivity contribution in [1.29, 1.82) is 0 Å². The minimum atomic E-state index is -0.417. The molecule has 4 heterocycles. The first-order valence-corrected chi connectivity index (χ1v) is 24.5. The Bertz CT molecular complexity index is 2830. The Hall–Kier alpha value is -6.44. The number of nitrogens with zero attached hydrogens (tertiary/aromatic N) is 7. The number of aryl methyl sites for hydroxylation is 2. The molecule has 1 saturated heterocycles. The number of hydrogen-bond donors (Lipinski definition) is 3. The van der Waals surface area contributed by atoms with Crippen molar-refractivity contribution in [2.75, 3.05) is 24.7 Å². The van der Waals surface area contributed by atoms with Gasteiger partial charge in [-0.05, 0) is 77.6 Å². The molecule has 0 spiro atoms. The fourth-order valence-electron chi connectivity index (χ4n) is 7.53. The molecule has 1 unspecified atom stereocenters. The number of thioether (sulfide) groups is 3. The second kappa shape index (κ2) is 21.7. The van der Waals surface area contributed by atoms with Gasteiger partial charge in [-0.25, -0.2) is 14.8 Å². The van der Waals surface area contributed by atoms with E-state index in [1.807, 2.05) is 82.9 Å². The van der Waals surface area contributed by atoms with Gasteiger partial charge in [-0.3, -0.25) is 19.7 Å². The quantitative estimate of drug-likeness (QED) is 0.0365. The molecule has 7 aromatic rings. The van der Waals surface area contributed by atoms with Crippen LogP contribution in [0, 0.1) is 0 Å². The van der Waals surface area contributed by atoms with Gasteiger partial charge >= 0.3 is 5.97 Å². The molecule has 3 amide bonds. The maximum atomic E-state index is 13.5. The van der Waals surface area contributed by atoms with Crippen LogP contribution in [0.3, 0.4) is 0 Å². The minimum absolute atomic E-state index is 0.0735. The van der Waals surface area contributed by atoms with Crippen LogP contribution in [0.25, 0.3) is 33.5 Å². The normalized spacial score (nSPS) is 13.6. The number of hydrogen-bond acceptors (Lipinski definition) is 14. The van der Waals surface area contributed by atoms with E-state index >= 15 is 0 Å². The van der Waals surface area contributed by atoms with Crippen LogP contribution < -0.4 is 15.4 Å². The number of esters is 1. The van der Waals surface area contributed by atoms with E-state index in [1.54, 1.807) is 18.7 Å². The summed E-state index contributed by atoms with van der Waals surface area (Å²) in [7, 11) is 1.94. The van der Waals surface area contributed by atoms with Crippen molar-refractivity contribution in [3.8, 4) is 28.3 Å². The number of carbonyl (C=O) groups is 4. The Morgan fingerprint density at radius 3 is 2.44 bits per heavy atom. The average molecular weight is 945 g/mol. The van der Waals surface area contributed by atoms with Crippen LogP contribution in [0.4, 0.5) is 4.79 Å². The van der Waals surface area contributed by atoms with Crippen LogP contribution in [-0.4, -0.2) is 92.7 Å². The van der Waals surface area contributed by atoms with E-state index in [0.717, 1.165) is 73.6 Å². The number of aromatic amines is 1. The van der Waals surface area contributed by atoms with Crippen LogP contribution in [0.1, 0.15) is 59.2 Å². The molecule has 1 fully saturated rings. The second-order valence-electron chi connectivity index (χ2n) is 15.3. The number of rotatable bonds is 21. The minimum Gasteiger partial charge on any atom is -0.486 e. The molecule has 1 aliphatic heterocycles. The molecule has 340 valence electrons. The number of benzene rings is 4. The zero-order valence-corrected chi connectivity index (χ0v) is 39.1. The van der Waals surface area contributed by atoms with Crippen molar-refractivity contribution in [3.63, 3.8) is 0 Å². The third kappa shape index (κ3) is 11.1. The number of tetrazole rings is 1. The highest BCUT2D eigenvalue weighted by atomic mass is 32.2. The Morgan fingerprint density at radius 2 is 1.71 bits per heavy atom. The van der Waals surface area contributed by atoms with E-state index in [1.165, 1.54) is 11.8 Å². The molecule has 0 aliphatic carbocycles. The third-order valence-electron chi connectivity index (χ3n) is 10.8. The van der Waals surface area contributed by atoms with Crippen molar-refractivity contribution in [2.24, 2.45) is 7.05 Å². The molecule has 1 aliphatic rings. The number of aromatic nitrogens is 8. The Kier molecular flexibility index (Phi) is 15.2. The molecule has 0 bridgehead atoms. The summed E-state index contributed by atoms with van der Waals surface area (Å²) >= 11 is 4.08. The van der Waals surface area contributed by atoms with Crippen molar-refractivity contribution >= 4 is 69.3 Å². The number of imide groups is 1. The largest absolute Gasteiger partial charge is 0.486 e. The van der Waals surface area contributed by atoms with E-state index < -0.39 is 11.2 Å². The Balaban J connectivity index is 0.823. The number of ether oxygens (including phenoxy) is 2. The molecular weight excluding hydrogens is 897 g/mol. The maximum absolute atomic E-state index is 13.5. The topological polar surface area (TPSA) is 201 Å². The van der Waals surface area contributed by atoms with E-state index in [2.05, 4.69) is 62.4 Å². The van der Waals surface area contributed by atoms with Gasteiger partial charge in [0, 0.05) is 48.5 Å². The number of imidazole rings is 2. The van der Waals surface area contributed by atoms with Gasteiger partial charge in [0.05, 0.1) is 34.3 Å². The highest BCUT2D eigenvalue weighted by molar-refractivity contribution is 8.15. The molecule has 8 rings (SSSR count). The number of fused-ring (bicyclic) bond motifs is 1. The molecule has 16 nitrogen and oxygen atoms in total. The third-order valence-corrected chi connectivity index (χ3v) is 13.7. The standard InChI is InChI=1S/C47H48N10O6S3/c1-4-8-40-50-37(43(46(60)62-5-2)57(40)25-30-11-15-31(16-12-30)34-9-6-7-10-35(34)44-52-54-55-53-44)27-64-22-21-48-42(58)28-65-33-19-20-36-38(24-33)56(3)41(49-36)26-63-32-17-13-29(14-18-32)23-39-45(59)51-47(61)66-39/h6-7,9-20,24,39H,4-5,8,21-23,25-28H2,1-3H3,(H,48,58)(H,51,59,61)(H,52,53,54,55). The zero-order chi connectivity index (χ0) is 46.0. The molecule has 4 aromatic carbocycles. The van der Waals surface area contributed by atoms with Crippen LogP contribution >= 0.6 is 35.3 Å². The summed E-state index contributed by atoms with van der Waals surface area (Å²) in [6.07, 6.45) is 2.03. The Labute approximate surface area is 393 Å². The van der Waals surface area contributed by atoms with Gasteiger partial charge in [-0.1, -0.05) is 79.3 Å². The first kappa shape index (κ1) is 46.1. The first-order valence-electron chi connectivity index (χ1n) is 21.5. The lowest BCUT2D eigenvalue weighted by Gasteiger charge is -2.13. The molecule has 0 radical (unpaired) electrons. The van der Waals surface area contributed by atoms with Gasteiger partial charge in [-0.15, -0.1) is 22.0 Å². The van der Waals surface area contributed by atoms with Crippen LogP contribution in [0.2, 0.25) is 0 Å². The number of nitrogens with one attached hydrogen (secondary N) is 3. The molecule has 66 heavy (non-hydrogen) atoms. The van der Waals surface area contributed by atoms with Gasteiger partial charge in [0.1, 0.15) is 24.0 Å². The average Bonchev–Trinajstić information content (AvgIpc) is 4.12. The van der Waals surface area contributed by atoms with E-state index in [-0.39, 0.29) is 36.0 Å². The highest BCUT2D eigenvalue weighted by Gasteiger charge is 2.31. The van der Waals surface area contributed by atoms with Crippen molar-refractivity contribution in [1.82, 2.24) is 50.4 Å². The monoisotopic (exact) mass is 944 g/mol. The summed E-state index contributed by atoms with van der Waals surface area (Å²) in [5.74, 6) is 3.42. The summed E-state index contributed by atoms with van der Waals surface area (Å²) in [6, 6.07) is 29.6. The fraction of sp³-hybridized carbons (Fsp3) is 0.298. The lowest BCUT2D eigenvalue weighted by molar-refractivity contribution is -0.119. The summed E-state index contributed by atoms with van der Waals surface area (Å²) in [4.78, 5) is 60.5. The number of H-pyrrole nitrogens is 1. The maximum Gasteiger partial charge on any atom is 0.356 e. The molecule has 3 aromatic heterocycles. The molecular formula is C47H48N10O6S3. The predicted octanol–water partition coefficient (Wildman–Crippen LogP) is 7.41. The predicted molar refractivity (Wildman–Crippen MR) is 256 cm³/mol. The van der Waals surface area contributed by atoms with Crippen molar-refractivity contribution < 1.29 is 28.7 Å². The number of amides is 3. The van der Waals surface area contributed by atoms with Crippen LogP contribution in [-0.2, 0) is 53.1 Å². The lowest BCUT2D eigenvalue weighted by atomic mass is 9.98. The lowest BCUT2D eigenvalue weighted by Crippen LogP contribution is -2.27. The van der Waals surface area contributed by atoms with E-state index in [4.69, 9.17) is 19.4 Å². The summed E-state index contributed by atoms with van der Waals surface area (Å²) < 4.78 is 15.6. The SMILES string of the molecule is CCCc1nc(CSCCNC(=O)CSc2ccc3nc(COc4ccc(CC5SC(=O)NC5=O)cc4)n(C)c3c2)c(C(=O)OCC)n1Cc1ccc(-c2ccccc2-c2nn[nH]n2)cc1. The summed E-state index contributed by atoms with van der Waals surface area (Å²) in [5, 5.41) is 19.2. The number of carbonyl (C=O) groups excluding carboxylic acids is 4. The van der Waals surface area contributed by atoms with E-state index in [9.17, 15) is 19.2 Å². The molecule has 1 atom stereocenters. The summed E-state index contributed by atoms with van der Waals surface area (Å²) in [6.45, 7) is 5.32. The highest BCUT2D eigenvalue weighted by Crippen LogP contribution is 2.31. The van der Waals surface area contributed by atoms with Crippen LogP contribution in [0.5, 0.6) is 5.75 Å². The smallest absolute Gasteiger partial charge is 0.356 e. The van der Waals surface area contributed by atoms with Crippen molar-refractivity contribution in [3.05, 3.63) is 125 Å². The summed E-state index contributed by atoms with van der Waals surface area (Å²) in [5.41, 5.74) is 7.71. The van der Waals surface area contributed by atoms with Crippen molar-refractivity contribution in [2.45, 2.75) is 62.2 Å². The molecule has 19 heteroatoms. The fourth-order valence-corrected chi connectivity index (χ4v) is 9.93. The molecule has 3 N–H and O–H groups in total. The zero-order valence-electron chi connectivity index (χ0n) is 36.6. The first-order chi connectivity index (χ1) is 32.2. The van der Waals surface area contributed by atoms with E-state index in [0.29, 0.717) is 60.4 Å². The van der Waals surface area contributed by atoms with Gasteiger partial charge in [0.25, 0.3) is 5.24 Å². The van der Waals surface area contributed by atoms with Gasteiger partial charge in [0.2, 0.25) is 17.6 Å². The Morgan fingerprint density at radius 1 is 0.924 bits per heavy atom. The van der Waals surface area contributed by atoms with Crippen LogP contribution in [0.15, 0.2) is 95.9 Å². The second-order valence-corrected chi connectivity index (χ2v) is 18.6. The van der Waals surface area contributed by atoms with Gasteiger partial charge < -0.3 is 23.9 Å².